The predicted octanol–water partition coefficient (Wildman–Crippen LogP) is -0.241. The zero-order valence-corrected chi connectivity index (χ0v) is 22.2. The maximum absolute atomic E-state index is 11.6. The van der Waals surface area contributed by atoms with Crippen molar-refractivity contribution in [1.29, 1.82) is 0 Å². The third-order valence-corrected chi connectivity index (χ3v) is 7.14. The molecule has 1 amide bonds. The number of methoxy groups -OCH3 is 1. The van der Waals surface area contributed by atoms with Crippen LogP contribution in [0.2, 0.25) is 0 Å². The van der Waals surface area contributed by atoms with Crippen molar-refractivity contribution in [2.24, 2.45) is 0 Å². The van der Waals surface area contributed by atoms with Crippen LogP contribution in [0.25, 0.3) is 0 Å². The van der Waals surface area contributed by atoms with E-state index in [4.69, 9.17) is 30.3 Å². The van der Waals surface area contributed by atoms with Crippen LogP contribution in [-0.2, 0) is 53.3 Å². The third-order valence-electron chi connectivity index (χ3n) is 4.51. The minimum Gasteiger partial charge on any atom is -0.374 e. The van der Waals surface area contributed by atoms with E-state index in [1.54, 1.807) is 13.8 Å². The summed E-state index contributed by atoms with van der Waals surface area (Å²) in [6.07, 6.45) is -2.50. The highest BCUT2D eigenvalue weighted by Crippen LogP contribution is 2.53. The molecule has 2 rings (SSSR count). The van der Waals surface area contributed by atoms with Crippen molar-refractivity contribution < 1.29 is 66.0 Å². The molecule has 0 saturated carbocycles. The molecule has 2 aliphatic rings. The van der Waals surface area contributed by atoms with E-state index in [1.807, 2.05) is 0 Å². The molecule has 0 aromatic heterocycles. The van der Waals surface area contributed by atoms with Crippen molar-refractivity contribution >= 4 is 40.1 Å². The molecule has 20 heteroatoms. The van der Waals surface area contributed by atoms with Gasteiger partial charge in [0.15, 0.2) is 6.23 Å². The van der Waals surface area contributed by atoms with Crippen LogP contribution in [0.3, 0.4) is 0 Å². The van der Waals surface area contributed by atoms with Gasteiger partial charge >= 0.3 is 22.4 Å². The summed E-state index contributed by atoms with van der Waals surface area (Å²) in [6, 6.07) is 0. The molecule has 0 aliphatic carbocycles. The maximum atomic E-state index is 11.6. The minimum absolute atomic E-state index is 0.00669. The Morgan fingerprint density at radius 1 is 1.20 bits per heavy atom. The van der Waals surface area contributed by atoms with Gasteiger partial charge in [0, 0.05) is 19.4 Å². The molecule has 6 N–H and O–H groups in total. The Bertz CT molecular complexity index is 954. The van der Waals surface area contributed by atoms with Gasteiger partial charge in [0.2, 0.25) is 0 Å². The highest BCUT2D eigenvalue weighted by molar-refractivity contribution is 8.07. The highest BCUT2D eigenvalue weighted by Gasteiger charge is 2.61. The fourth-order valence-corrected chi connectivity index (χ4v) is 6.00. The quantitative estimate of drug-likeness (QED) is 0.163. The van der Waals surface area contributed by atoms with E-state index in [9.17, 15) is 38.4 Å². The Balaban J connectivity index is 2.59. The number of nitrogens with one attached hydrogen (secondary N) is 1. The average Bonchev–Trinajstić information content (AvgIpc) is 2.95. The van der Waals surface area contributed by atoms with Crippen molar-refractivity contribution in [2.45, 2.75) is 44.0 Å². The first kappa shape index (κ1) is 30.6. The molecule has 0 aromatic carbocycles. The summed E-state index contributed by atoms with van der Waals surface area (Å²) in [7, 11) is -9.13. The van der Waals surface area contributed by atoms with Gasteiger partial charge in [0.05, 0.1) is 19.3 Å². The summed E-state index contributed by atoms with van der Waals surface area (Å²) in [5.74, 6) is -0.518. The van der Waals surface area contributed by atoms with Crippen molar-refractivity contribution in [3.05, 3.63) is 24.7 Å². The predicted molar refractivity (Wildman–Crippen MR) is 120 cm³/mol. The topological polar surface area (TPSA) is 223 Å². The van der Waals surface area contributed by atoms with Crippen molar-refractivity contribution in [3.63, 3.8) is 0 Å². The number of phosphoric ester groups is 2. The van der Waals surface area contributed by atoms with Gasteiger partial charge in [-0.1, -0.05) is 6.58 Å². The Labute approximate surface area is 205 Å². The molecule has 0 aromatic rings. The molecule has 0 spiro atoms. The molecule has 2 heterocycles. The summed E-state index contributed by atoms with van der Waals surface area (Å²) in [5.41, 5.74) is -2.24. The second kappa shape index (κ2) is 11.4. The zero-order chi connectivity index (χ0) is 26.8. The van der Waals surface area contributed by atoms with E-state index in [-0.39, 0.29) is 5.82 Å². The molecular weight excluding hydrogens is 557 g/mol. The van der Waals surface area contributed by atoms with Crippen LogP contribution >= 0.6 is 22.4 Å². The van der Waals surface area contributed by atoms with Gasteiger partial charge < -0.3 is 48.7 Å². The minimum atomic E-state index is -5.16. The van der Waals surface area contributed by atoms with Gasteiger partial charge in [0.25, 0.3) is 5.91 Å². The zero-order valence-electron chi connectivity index (χ0n) is 18.7. The highest BCUT2D eigenvalue weighted by atomic mass is 32.5. The largest absolute Gasteiger partial charge is 0.469 e. The monoisotopic (exact) mass is 584 g/mol. The van der Waals surface area contributed by atoms with Crippen LogP contribution in [0.1, 0.15) is 13.8 Å². The number of carbonyl (C=O) groups excluding carboxylic acids is 1. The molecule has 4 atom stereocenters. The number of phosphoric acid groups is 2. The first-order valence-electron chi connectivity index (χ1n) is 9.65. The van der Waals surface area contributed by atoms with E-state index in [2.05, 4.69) is 20.9 Å². The van der Waals surface area contributed by atoms with Gasteiger partial charge in [-0.2, -0.15) is 0 Å². The van der Waals surface area contributed by atoms with Gasteiger partial charge in [-0.25, -0.2) is 9.13 Å². The number of carbonyl (C=O) groups is 1. The molecule has 0 radical (unpaired) electrons. The molecule has 1 fully saturated rings. The fraction of sp³-hybridized carbons (Fsp3) is 0.667. The summed E-state index contributed by atoms with van der Waals surface area (Å²) < 4.78 is 54.4. The normalized spacial score (nSPS) is 26.8. The molecular formula is C15H27N2O14P3S. The summed E-state index contributed by atoms with van der Waals surface area (Å²) in [6.45, 7) is 0.553. The fourth-order valence-electron chi connectivity index (χ4n) is 3.25. The van der Waals surface area contributed by atoms with Crippen molar-refractivity contribution in [2.75, 3.05) is 20.3 Å². The lowest BCUT2D eigenvalue weighted by Crippen LogP contribution is -2.51. The number of amides is 1. The second-order valence-corrected chi connectivity index (χ2v) is 12.8. The van der Waals surface area contributed by atoms with E-state index in [0.717, 1.165) is 6.08 Å². The molecule has 2 unspecified atom stereocenters. The van der Waals surface area contributed by atoms with Gasteiger partial charge in [-0.05, 0) is 25.7 Å². The summed E-state index contributed by atoms with van der Waals surface area (Å²) in [5, 5.41) is 2.41. The molecule has 0 bridgehead atoms. The van der Waals surface area contributed by atoms with Crippen LogP contribution in [0, 0.1) is 0 Å². The lowest BCUT2D eigenvalue weighted by Gasteiger charge is -2.35. The Hall–Kier alpha value is -0.580. The molecule has 202 valence electrons. The van der Waals surface area contributed by atoms with Crippen molar-refractivity contribution in [3.8, 4) is 0 Å². The summed E-state index contributed by atoms with van der Waals surface area (Å²) in [4.78, 5) is 60.5. The van der Waals surface area contributed by atoms with E-state index >= 15 is 0 Å². The third kappa shape index (κ3) is 8.75. The van der Waals surface area contributed by atoms with Crippen molar-refractivity contribution in [1.82, 2.24) is 10.2 Å². The number of rotatable bonds is 12. The second-order valence-electron chi connectivity index (χ2n) is 7.61. The Morgan fingerprint density at radius 3 is 2.17 bits per heavy atom. The smallest absolute Gasteiger partial charge is 0.374 e. The molecule has 16 nitrogen and oxygen atoms in total. The van der Waals surface area contributed by atoms with Crippen LogP contribution in [0.4, 0.5) is 0 Å². The number of hydrogen-bond donors (Lipinski definition) is 6. The lowest BCUT2D eigenvalue weighted by molar-refractivity contribution is -0.151. The average molecular weight is 584 g/mol. The van der Waals surface area contributed by atoms with Gasteiger partial charge in [-0.3, -0.25) is 18.4 Å². The molecule has 35 heavy (non-hydrogen) atoms. The number of ether oxygens (including phenoxy) is 2. The number of hydrogen-bond acceptors (Lipinski definition) is 11. The van der Waals surface area contributed by atoms with Crippen LogP contribution < -0.4 is 5.32 Å². The van der Waals surface area contributed by atoms with E-state index in [0.29, 0.717) is 0 Å². The van der Waals surface area contributed by atoms with Gasteiger partial charge in [-0.15, -0.1) is 0 Å². The summed E-state index contributed by atoms with van der Waals surface area (Å²) >= 11 is 5.03. The van der Waals surface area contributed by atoms with Crippen LogP contribution in [0.15, 0.2) is 24.7 Å². The Morgan fingerprint density at radius 2 is 1.74 bits per heavy atom. The molecule has 1 saturated heterocycles. The van der Waals surface area contributed by atoms with E-state index < -0.39 is 71.6 Å². The first-order valence-corrected chi connectivity index (χ1v) is 15.3. The first-order chi connectivity index (χ1) is 15.9. The molecule has 2 aliphatic heterocycles. The van der Waals surface area contributed by atoms with Crippen LogP contribution in [-0.4, -0.2) is 85.7 Å². The standard InChI is InChI=1S/C15H27N2O14P3S/c1-9(2)30-34(25,35)31-13-12(26-4)14(17-6-5-11(18)16-10(17)3)29-15(13,7-27-32(19,20)21)8-28-33(22,23)24/h5-6,9,12-14H,3,7-8H2,1-2,4H3,(H,16,18)(H,25,35)(H2,19,20,21)(H2,22,23,24)/t12-,13?,14+,34?/m0/s1. The van der Waals surface area contributed by atoms with E-state index in [1.165, 1.54) is 18.2 Å². The van der Waals surface area contributed by atoms with Gasteiger partial charge in [0.1, 0.15) is 23.6 Å². The number of nitrogens with zero attached hydrogens (tertiary/aromatic N) is 1. The Kier molecular flexibility index (Phi) is 10.0. The lowest BCUT2D eigenvalue weighted by atomic mass is 9.97. The maximum Gasteiger partial charge on any atom is 0.469 e. The SMILES string of the molecule is C=C1NC(=O)C=CN1[C@@H]1OC(COP(=O)(O)O)(COP(=O)(O)O)C(OP(O)(=S)OC(C)C)[C@@H]1OC. The van der Waals surface area contributed by atoms with Crippen LogP contribution in [0.5, 0.6) is 0 Å².